The lowest BCUT2D eigenvalue weighted by molar-refractivity contribution is -0.138. The van der Waals surface area contributed by atoms with E-state index in [1.807, 2.05) is 0 Å². The highest BCUT2D eigenvalue weighted by atomic mass is 19.4. The fourth-order valence-corrected chi connectivity index (χ4v) is 3.51. The summed E-state index contributed by atoms with van der Waals surface area (Å²) in [6, 6.07) is 0.922. The number of hydrogen-bond acceptors (Lipinski definition) is 6. The van der Waals surface area contributed by atoms with E-state index in [1.165, 1.54) is 21.7 Å². The van der Waals surface area contributed by atoms with E-state index in [2.05, 4.69) is 15.3 Å². The lowest BCUT2D eigenvalue weighted by Gasteiger charge is -2.34. The molecule has 0 bridgehead atoms. The Labute approximate surface area is 200 Å². The minimum atomic E-state index is -4.52. The van der Waals surface area contributed by atoms with Gasteiger partial charge in [-0.05, 0) is 33.8 Å². The number of carbonyl (C=O) groups is 2. The normalized spacial score (nSPS) is 15.7. The lowest BCUT2D eigenvalue weighted by atomic mass is 10.2. The number of alkyl carbamates (subject to hydrolysis) is 1. The van der Waals surface area contributed by atoms with Crippen LogP contribution in [0.1, 0.15) is 43.6 Å². The van der Waals surface area contributed by atoms with Crippen molar-refractivity contribution < 1.29 is 31.9 Å². The third kappa shape index (κ3) is 6.83. The Kier molecular flexibility index (Phi) is 7.56. The summed E-state index contributed by atoms with van der Waals surface area (Å²) in [5.74, 6) is -1.09. The number of carbonyl (C=O) groups excluding carboxylic acids is 2. The molecule has 2 aromatic rings. The maximum Gasteiger partial charge on any atom is 0.419 e. The van der Waals surface area contributed by atoms with Crippen LogP contribution in [-0.4, -0.2) is 69.3 Å². The standard InChI is InChI=1S/C22H28F4N6O3/c1-14(29-20(34)35-21(2,3)4)13-32-6-5-16(17(32)23)18(33)30-7-9-31(10-8-30)19-27-11-15(12-28-19)22(24,25)26/h5-6,11-12,14H,7-10,13H2,1-4H3,(H,29,34). The van der Waals surface area contributed by atoms with Crippen molar-refractivity contribution in [1.82, 2.24) is 24.8 Å². The quantitative estimate of drug-likeness (QED) is 0.634. The van der Waals surface area contributed by atoms with Gasteiger partial charge in [-0.2, -0.15) is 17.6 Å². The minimum absolute atomic E-state index is 0.0946. The van der Waals surface area contributed by atoms with Gasteiger partial charge in [0.15, 0.2) is 0 Å². The summed E-state index contributed by atoms with van der Waals surface area (Å²) >= 11 is 0. The van der Waals surface area contributed by atoms with E-state index in [0.29, 0.717) is 0 Å². The molecule has 1 aliphatic heterocycles. The van der Waals surface area contributed by atoms with Gasteiger partial charge in [0.25, 0.3) is 5.91 Å². The summed E-state index contributed by atoms with van der Waals surface area (Å²) in [7, 11) is 0. The Balaban J connectivity index is 1.56. The Morgan fingerprint density at radius 2 is 1.71 bits per heavy atom. The predicted molar refractivity (Wildman–Crippen MR) is 118 cm³/mol. The first-order valence-corrected chi connectivity index (χ1v) is 11.0. The summed E-state index contributed by atoms with van der Waals surface area (Å²) < 4.78 is 59.4. The van der Waals surface area contributed by atoms with E-state index < -0.39 is 41.3 Å². The van der Waals surface area contributed by atoms with Crippen LogP contribution in [0.4, 0.5) is 28.3 Å². The number of hydrogen-bond donors (Lipinski definition) is 1. The van der Waals surface area contributed by atoms with Crippen LogP contribution in [-0.2, 0) is 17.5 Å². The van der Waals surface area contributed by atoms with Crippen molar-refractivity contribution in [3.8, 4) is 0 Å². The van der Waals surface area contributed by atoms with E-state index >= 15 is 0 Å². The molecule has 1 atom stereocenters. The van der Waals surface area contributed by atoms with Gasteiger partial charge in [-0.15, -0.1) is 0 Å². The van der Waals surface area contributed by atoms with Gasteiger partial charge < -0.3 is 24.4 Å². The third-order valence-corrected chi connectivity index (χ3v) is 5.17. The Bertz CT molecular complexity index is 1040. The highest BCUT2D eigenvalue weighted by Crippen LogP contribution is 2.28. The number of halogens is 4. The number of piperazine rings is 1. The van der Waals surface area contributed by atoms with Gasteiger partial charge in [-0.1, -0.05) is 0 Å². The number of amides is 2. The molecule has 3 rings (SSSR count). The number of rotatable bonds is 5. The highest BCUT2D eigenvalue weighted by molar-refractivity contribution is 5.94. The molecule has 3 heterocycles. The second kappa shape index (κ2) is 10.1. The van der Waals surface area contributed by atoms with Crippen LogP contribution in [0.5, 0.6) is 0 Å². The largest absolute Gasteiger partial charge is 0.444 e. The molecular formula is C22H28F4N6O3. The summed E-state index contributed by atoms with van der Waals surface area (Å²) in [5.41, 5.74) is -1.70. The van der Waals surface area contributed by atoms with Gasteiger partial charge in [0.1, 0.15) is 5.60 Å². The first-order chi connectivity index (χ1) is 16.2. The van der Waals surface area contributed by atoms with E-state index in [0.717, 1.165) is 12.4 Å². The molecule has 0 spiro atoms. The average molecular weight is 500 g/mol. The number of nitrogens with zero attached hydrogens (tertiary/aromatic N) is 5. The molecule has 192 valence electrons. The van der Waals surface area contributed by atoms with Crippen LogP contribution in [0.2, 0.25) is 0 Å². The van der Waals surface area contributed by atoms with Crippen molar-refractivity contribution in [3.63, 3.8) is 0 Å². The molecule has 0 saturated carbocycles. The highest BCUT2D eigenvalue weighted by Gasteiger charge is 2.32. The predicted octanol–water partition coefficient (Wildman–Crippen LogP) is 3.31. The molecule has 0 aliphatic carbocycles. The summed E-state index contributed by atoms with van der Waals surface area (Å²) in [6.07, 6.45) is -2.27. The van der Waals surface area contributed by atoms with Crippen molar-refractivity contribution in [1.29, 1.82) is 0 Å². The first kappa shape index (κ1) is 26.2. The topological polar surface area (TPSA) is 92.6 Å². The Morgan fingerprint density at radius 3 is 2.26 bits per heavy atom. The lowest BCUT2D eigenvalue weighted by Crippen LogP contribution is -2.49. The second-order valence-electron chi connectivity index (χ2n) is 9.27. The molecule has 1 unspecified atom stereocenters. The van der Waals surface area contributed by atoms with Gasteiger partial charge in [-0.3, -0.25) is 4.79 Å². The van der Waals surface area contributed by atoms with Gasteiger partial charge in [0.05, 0.1) is 11.1 Å². The van der Waals surface area contributed by atoms with E-state index in [-0.39, 0.29) is 44.2 Å². The average Bonchev–Trinajstić information content (AvgIpc) is 3.11. The fourth-order valence-electron chi connectivity index (χ4n) is 3.51. The van der Waals surface area contributed by atoms with Crippen molar-refractivity contribution in [2.45, 2.75) is 52.1 Å². The molecule has 35 heavy (non-hydrogen) atoms. The zero-order chi connectivity index (χ0) is 26.0. The second-order valence-corrected chi connectivity index (χ2v) is 9.27. The van der Waals surface area contributed by atoms with E-state index in [1.54, 1.807) is 32.6 Å². The van der Waals surface area contributed by atoms with Crippen LogP contribution < -0.4 is 10.2 Å². The fraction of sp³-hybridized carbons (Fsp3) is 0.545. The number of nitrogens with one attached hydrogen (secondary N) is 1. The van der Waals surface area contributed by atoms with Crippen LogP contribution in [0.25, 0.3) is 0 Å². The smallest absolute Gasteiger partial charge is 0.419 e. The number of anilines is 1. The molecule has 1 N–H and O–H groups in total. The van der Waals surface area contributed by atoms with Crippen LogP contribution in [0, 0.1) is 5.95 Å². The molecule has 1 fully saturated rings. The van der Waals surface area contributed by atoms with E-state index in [4.69, 9.17) is 4.74 Å². The zero-order valence-electron chi connectivity index (χ0n) is 19.9. The Morgan fingerprint density at radius 1 is 1.11 bits per heavy atom. The molecule has 0 aromatic carbocycles. The van der Waals surface area contributed by atoms with Crippen LogP contribution in [0.3, 0.4) is 0 Å². The number of alkyl halides is 3. The molecule has 9 nitrogen and oxygen atoms in total. The molecular weight excluding hydrogens is 472 g/mol. The van der Waals surface area contributed by atoms with Gasteiger partial charge in [-0.25, -0.2) is 14.8 Å². The molecule has 1 saturated heterocycles. The van der Waals surface area contributed by atoms with Crippen molar-refractivity contribution in [2.75, 3.05) is 31.1 Å². The third-order valence-electron chi connectivity index (χ3n) is 5.17. The van der Waals surface area contributed by atoms with Crippen LogP contribution >= 0.6 is 0 Å². The van der Waals surface area contributed by atoms with Crippen molar-refractivity contribution in [3.05, 3.63) is 41.7 Å². The van der Waals surface area contributed by atoms with Gasteiger partial charge in [0, 0.05) is 57.4 Å². The maximum absolute atomic E-state index is 14.9. The molecule has 1 aliphatic rings. The van der Waals surface area contributed by atoms with Crippen molar-refractivity contribution in [2.24, 2.45) is 0 Å². The zero-order valence-corrected chi connectivity index (χ0v) is 19.9. The maximum atomic E-state index is 14.9. The molecule has 0 radical (unpaired) electrons. The molecule has 13 heteroatoms. The first-order valence-electron chi connectivity index (χ1n) is 11.0. The monoisotopic (exact) mass is 500 g/mol. The Hall–Kier alpha value is -3.38. The van der Waals surface area contributed by atoms with E-state index in [9.17, 15) is 27.2 Å². The minimum Gasteiger partial charge on any atom is -0.444 e. The van der Waals surface area contributed by atoms with Crippen molar-refractivity contribution >= 4 is 17.9 Å². The number of aromatic nitrogens is 3. The van der Waals surface area contributed by atoms with Gasteiger partial charge in [0.2, 0.25) is 11.9 Å². The summed E-state index contributed by atoms with van der Waals surface area (Å²) in [5, 5.41) is 2.62. The SMILES string of the molecule is CC(Cn1ccc(C(=O)N2CCN(c3ncc(C(F)(F)F)cn3)CC2)c1F)NC(=O)OC(C)(C)C. The molecule has 2 aromatic heterocycles. The van der Waals surface area contributed by atoms with Crippen LogP contribution in [0.15, 0.2) is 24.7 Å². The van der Waals surface area contributed by atoms with Gasteiger partial charge >= 0.3 is 12.3 Å². The summed E-state index contributed by atoms with van der Waals surface area (Å²) in [4.78, 5) is 35.4. The summed E-state index contributed by atoms with van der Waals surface area (Å²) in [6.45, 7) is 8.01. The molecule has 2 amide bonds. The number of ether oxygens (including phenoxy) is 1.